The van der Waals surface area contributed by atoms with E-state index in [1.165, 1.54) is 0 Å². The standard InChI is InChI=1S/C9H18BrF2N/c1-8(2)3-5-13(6-4-10)7-9(11)12/h8-9H,3-7H2,1-2H3. The van der Waals surface area contributed by atoms with Crippen molar-refractivity contribution >= 4 is 15.9 Å². The molecule has 80 valence electrons. The number of alkyl halides is 3. The molecule has 0 aromatic rings. The molecular formula is C9H18BrF2N. The molecule has 0 atom stereocenters. The van der Waals surface area contributed by atoms with E-state index >= 15 is 0 Å². The van der Waals surface area contributed by atoms with E-state index in [0.29, 0.717) is 12.5 Å². The van der Waals surface area contributed by atoms with Crippen LogP contribution in [0.4, 0.5) is 8.78 Å². The van der Waals surface area contributed by atoms with Gasteiger partial charge in [0.2, 0.25) is 0 Å². The summed E-state index contributed by atoms with van der Waals surface area (Å²) in [5.41, 5.74) is 0. The lowest BCUT2D eigenvalue weighted by atomic mass is 10.1. The van der Waals surface area contributed by atoms with Crippen LogP contribution in [0.1, 0.15) is 20.3 Å². The Labute approximate surface area is 87.6 Å². The van der Waals surface area contributed by atoms with Gasteiger partial charge in [0.05, 0.1) is 6.54 Å². The highest BCUT2D eigenvalue weighted by Crippen LogP contribution is 2.05. The third-order valence-electron chi connectivity index (χ3n) is 1.82. The fourth-order valence-corrected chi connectivity index (χ4v) is 1.55. The summed E-state index contributed by atoms with van der Waals surface area (Å²) < 4.78 is 24.2. The summed E-state index contributed by atoms with van der Waals surface area (Å²) >= 11 is 3.26. The first-order chi connectivity index (χ1) is 6.06. The van der Waals surface area contributed by atoms with Gasteiger partial charge in [-0.15, -0.1) is 0 Å². The largest absolute Gasteiger partial charge is 0.297 e. The fraction of sp³-hybridized carbons (Fsp3) is 1.00. The highest BCUT2D eigenvalue weighted by Gasteiger charge is 2.11. The van der Waals surface area contributed by atoms with Crippen molar-refractivity contribution in [2.45, 2.75) is 26.7 Å². The monoisotopic (exact) mass is 257 g/mol. The summed E-state index contributed by atoms with van der Waals surface area (Å²) in [4.78, 5) is 1.80. The lowest BCUT2D eigenvalue weighted by Gasteiger charge is -2.21. The molecule has 0 radical (unpaired) electrons. The Morgan fingerprint density at radius 3 is 2.23 bits per heavy atom. The fourth-order valence-electron chi connectivity index (χ4n) is 1.05. The molecule has 0 amide bonds. The van der Waals surface area contributed by atoms with Crippen molar-refractivity contribution in [3.8, 4) is 0 Å². The molecule has 0 aliphatic rings. The van der Waals surface area contributed by atoms with Crippen LogP contribution in [-0.4, -0.2) is 36.3 Å². The van der Waals surface area contributed by atoms with Crippen molar-refractivity contribution < 1.29 is 8.78 Å². The second-order valence-electron chi connectivity index (χ2n) is 3.56. The van der Waals surface area contributed by atoms with Gasteiger partial charge in [0.25, 0.3) is 6.43 Å². The van der Waals surface area contributed by atoms with E-state index in [-0.39, 0.29) is 6.54 Å². The van der Waals surface area contributed by atoms with E-state index in [1.54, 1.807) is 4.90 Å². The molecule has 0 rings (SSSR count). The third-order valence-corrected chi connectivity index (χ3v) is 2.17. The molecule has 0 spiro atoms. The Morgan fingerprint density at radius 2 is 1.85 bits per heavy atom. The molecular weight excluding hydrogens is 240 g/mol. The summed E-state index contributed by atoms with van der Waals surface area (Å²) in [5, 5.41) is 0.762. The topological polar surface area (TPSA) is 3.24 Å². The first kappa shape index (κ1) is 13.3. The van der Waals surface area contributed by atoms with Gasteiger partial charge in [-0.2, -0.15) is 0 Å². The van der Waals surface area contributed by atoms with E-state index in [9.17, 15) is 8.78 Å². The lowest BCUT2D eigenvalue weighted by Crippen LogP contribution is -2.32. The predicted molar refractivity (Wildman–Crippen MR) is 55.7 cm³/mol. The molecule has 13 heavy (non-hydrogen) atoms. The minimum atomic E-state index is -2.22. The Morgan fingerprint density at radius 1 is 1.23 bits per heavy atom. The number of halogens is 3. The van der Waals surface area contributed by atoms with Gasteiger partial charge in [0, 0.05) is 11.9 Å². The SMILES string of the molecule is CC(C)CCN(CCBr)CC(F)F. The van der Waals surface area contributed by atoms with Gasteiger partial charge in [0.1, 0.15) is 0 Å². The normalized spacial score (nSPS) is 12.0. The molecule has 0 N–H and O–H groups in total. The maximum atomic E-state index is 12.1. The van der Waals surface area contributed by atoms with Gasteiger partial charge in [-0.1, -0.05) is 29.8 Å². The molecule has 0 aromatic heterocycles. The number of nitrogens with zero attached hydrogens (tertiary/aromatic N) is 1. The number of rotatable bonds is 7. The van der Waals surface area contributed by atoms with Gasteiger partial charge in [-0.25, -0.2) is 8.78 Å². The van der Waals surface area contributed by atoms with Gasteiger partial charge in [-0.3, -0.25) is 4.90 Å². The van der Waals surface area contributed by atoms with Gasteiger partial charge in [-0.05, 0) is 18.9 Å². The molecule has 0 unspecified atom stereocenters. The second kappa shape index (κ2) is 7.68. The number of hydrogen-bond donors (Lipinski definition) is 0. The van der Waals surface area contributed by atoms with Crippen LogP contribution >= 0.6 is 15.9 Å². The predicted octanol–water partition coefficient (Wildman–Crippen LogP) is 2.99. The molecule has 0 saturated heterocycles. The van der Waals surface area contributed by atoms with Crippen LogP contribution < -0.4 is 0 Å². The second-order valence-corrected chi connectivity index (χ2v) is 4.36. The van der Waals surface area contributed by atoms with Crippen LogP contribution in [0.3, 0.4) is 0 Å². The molecule has 0 aliphatic heterocycles. The molecule has 0 saturated carbocycles. The summed E-state index contributed by atoms with van der Waals surface area (Å²) in [6, 6.07) is 0. The van der Waals surface area contributed by atoms with Crippen LogP contribution in [0.25, 0.3) is 0 Å². The molecule has 4 heteroatoms. The molecule has 0 aliphatic carbocycles. The van der Waals surface area contributed by atoms with Crippen molar-refractivity contribution in [3.63, 3.8) is 0 Å². The molecule has 0 bridgehead atoms. The van der Waals surface area contributed by atoms with Crippen molar-refractivity contribution in [2.75, 3.05) is 25.0 Å². The van der Waals surface area contributed by atoms with Gasteiger partial charge < -0.3 is 0 Å². The lowest BCUT2D eigenvalue weighted by molar-refractivity contribution is 0.0892. The third kappa shape index (κ3) is 8.63. The van der Waals surface area contributed by atoms with E-state index in [2.05, 4.69) is 29.8 Å². The Bertz CT molecular complexity index is 120. The highest BCUT2D eigenvalue weighted by atomic mass is 79.9. The van der Waals surface area contributed by atoms with E-state index in [0.717, 1.165) is 18.3 Å². The number of hydrogen-bond acceptors (Lipinski definition) is 1. The minimum Gasteiger partial charge on any atom is -0.297 e. The molecule has 0 heterocycles. The summed E-state index contributed by atoms with van der Waals surface area (Å²) in [6.07, 6.45) is -1.23. The zero-order valence-corrected chi connectivity index (χ0v) is 9.86. The van der Waals surface area contributed by atoms with Crippen LogP contribution in [0.2, 0.25) is 0 Å². The average molecular weight is 258 g/mol. The zero-order chi connectivity index (χ0) is 10.3. The maximum Gasteiger partial charge on any atom is 0.251 e. The van der Waals surface area contributed by atoms with E-state index < -0.39 is 6.43 Å². The highest BCUT2D eigenvalue weighted by molar-refractivity contribution is 9.09. The first-order valence-corrected chi connectivity index (χ1v) is 5.75. The van der Waals surface area contributed by atoms with Crippen molar-refractivity contribution in [3.05, 3.63) is 0 Å². The minimum absolute atomic E-state index is 0.0989. The van der Waals surface area contributed by atoms with Crippen LogP contribution in [-0.2, 0) is 0 Å². The quantitative estimate of drug-likeness (QED) is 0.634. The maximum absolute atomic E-state index is 12.1. The zero-order valence-electron chi connectivity index (χ0n) is 8.27. The van der Waals surface area contributed by atoms with E-state index in [1.807, 2.05) is 0 Å². The average Bonchev–Trinajstić information content (AvgIpc) is 1.99. The Kier molecular flexibility index (Phi) is 7.86. The van der Waals surface area contributed by atoms with Gasteiger partial charge >= 0.3 is 0 Å². The Balaban J connectivity index is 3.66. The molecule has 0 aromatic carbocycles. The van der Waals surface area contributed by atoms with Crippen molar-refractivity contribution in [1.82, 2.24) is 4.90 Å². The first-order valence-electron chi connectivity index (χ1n) is 4.62. The Hall–Kier alpha value is 0.300. The van der Waals surface area contributed by atoms with E-state index in [4.69, 9.17) is 0 Å². The van der Waals surface area contributed by atoms with Crippen molar-refractivity contribution in [1.29, 1.82) is 0 Å². The van der Waals surface area contributed by atoms with Crippen LogP contribution in [0.15, 0.2) is 0 Å². The summed E-state index contributed by atoms with van der Waals surface area (Å²) in [6.45, 7) is 5.59. The van der Waals surface area contributed by atoms with Crippen LogP contribution in [0.5, 0.6) is 0 Å². The van der Waals surface area contributed by atoms with Gasteiger partial charge in [0.15, 0.2) is 0 Å². The summed E-state index contributed by atoms with van der Waals surface area (Å²) in [5.74, 6) is 0.579. The summed E-state index contributed by atoms with van der Waals surface area (Å²) in [7, 11) is 0. The van der Waals surface area contributed by atoms with Crippen LogP contribution in [0, 0.1) is 5.92 Å². The smallest absolute Gasteiger partial charge is 0.251 e. The molecule has 0 fully saturated rings. The molecule has 1 nitrogen and oxygen atoms in total. The van der Waals surface area contributed by atoms with Crippen molar-refractivity contribution in [2.24, 2.45) is 5.92 Å².